The van der Waals surface area contributed by atoms with Gasteiger partial charge in [0, 0.05) is 10.7 Å². The number of aromatic nitrogens is 2. The quantitative estimate of drug-likeness (QED) is 0.743. The van der Waals surface area contributed by atoms with Crippen molar-refractivity contribution in [3.05, 3.63) is 69.1 Å². The van der Waals surface area contributed by atoms with Crippen LogP contribution in [0.4, 0.5) is 5.69 Å². The third-order valence-corrected chi connectivity index (χ3v) is 4.75. The number of rotatable bonds is 5. The van der Waals surface area contributed by atoms with Crippen LogP contribution in [0.2, 0.25) is 5.02 Å². The lowest BCUT2D eigenvalue weighted by molar-refractivity contribution is -0.116. The van der Waals surface area contributed by atoms with Gasteiger partial charge in [0.1, 0.15) is 6.54 Å². The summed E-state index contributed by atoms with van der Waals surface area (Å²) in [4.78, 5) is 29.0. The predicted octanol–water partition coefficient (Wildman–Crippen LogP) is 3.81. The molecule has 0 fully saturated rings. The lowest BCUT2D eigenvalue weighted by Crippen LogP contribution is -2.28. The van der Waals surface area contributed by atoms with Crippen LogP contribution in [0.5, 0.6) is 0 Å². The third kappa shape index (κ3) is 3.48. The molecule has 0 aliphatic heterocycles. The molecule has 0 saturated carbocycles. The zero-order chi connectivity index (χ0) is 18.7. The van der Waals surface area contributed by atoms with Gasteiger partial charge >= 0.3 is 0 Å². The molecule has 6 heteroatoms. The van der Waals surface area contributed by atoms with E-state index in [2.05, 4.69) is 10.3 Å². The number of halogens is 1. The molecule has 134 valence electrons. The van der Waals surface area contributed by atoms with Crippen molar-refractivity contribution >= 4 is 34.2 Å². The van der Waals surface area contributed by atoms with Gasteiger partial charge in [0.2, 0.25) is 5.91 Å². The molecule has 0 bridgehead atoms. The maximum Gasteiger partial charge on any atom is 0.269 e. The average Bonchev–Trinajstić information content (AvgIpc) is 2.64. The summed E-state index contributed by atoms with van der Waals surface area (Å²) in [6.45, 7) is 3.94. The van der Waals surface area contributed by atoms with Crippen LogP contribution in [0.15, 0.2) is 47.4 Å². The summed E-state index contributed by atoms with van der Waals surface area (Å²) in [5.74, 6) is -0.268. The molecule has 2 aromatic carbocycles. The number of carbonyl (C=O) groups is 1. The molecule has 0 spiro atoms. The first-order valence-electron chi connectivity index (χ1n) is 8.59. The first-order valence-corrected chi connectivity index (χ1v) is 8.97. The first-order chi connectivity index (χ1) is 12.5. The minimum absolute atomic E-state index is 0.0827. The number of benzene rings is 2. The van der Waals surface area contributed by atoms with Gasteiger partial charge in [-0.1, -0.05) is 43.6 Å². The molecule has 1 amide bonds. The molecule has 1 N–H and O–H groups in total. The van der Waals surface area contributed by atoms with Crippen LogP contribution < -0.4 is 10.9 Å². The fourth-order valence-corrected chi connectivity index (χ4v) is 3.36. The van der Waals surface area contributed by atoms with E-state index >= 15 is 0 Å². The number of hydrogen-bond donors (Lipinski definition) is 1. The van der Waals surface area contributed by atoms with Crippen LogP contribution in [0.25, 0.3) is 11.0 Å². The Morgan fingerprint density at radius 1 is 1.15 bits per heavy atom. The predicted molar refractivity (Wildman–Crippen MR) is 105 cm³/mol. The molecule has 0 unspecified atom stereocenters. The highest BCUT2D eigenvalue weighted by Crippen LogP contribution is 2.29. The molecule has 26 heavy (non-hydrogen) atoms. The van der Waals surface area contributed by atoms with E-state index in [0.29, 0.717) is 22.5 Å². The summed E-state index contributed by atoms with van der Waals surface area (Å²) in [7, 11) is 0. The van der Waals surface area contributed by atoms with E-state index in [1.54, 1.807) is 6.07 Å². The number of anilines is 1. The maximum absolute atomic E-state index is 12.7. The van der Waals surface area contributed by atoms with Crippen LogP contribution >= 0.6 is 11.6 Å². The second-order valence-electron chi connectivity index (χ2n) is 5.99. The zero-order valence-corrected chi connectivity index (χ0v) is 15.5. The van der Waals surface area contributed by atoms with Gasteiger partial charge in [-0.05, 0) is 42.2 Å². The number of aryl methyl sites for hydroxylation is 1. The van der Waals surface area contributed by atoms with Gasteiger partial charge in [-0.25, -0.2) is 4.98 Å². The maximum atomic E-state index is 12.7. The van der Waals surface area contributed by atoms with Crippen LogP contribution in [-0.2, 0) is 24.2 Å². The van der Waals surface area contributed by atoms with Crippen LogP contribution in [0.3, 0.4) is 0 Å². The van der Waals surface area contributed by atoms with Gasteiger partial charge in [-0.3, -0.25) is 14.2 Å². The van der Waals surface area contributed by atoms with Crippen molar-refractivity contribution in [2.24, 2.45) is 0 Å². The van der Waals surface area contributed by atoms with Gasteiger partial charge in [-0.15, -0.1) is 0 Å². The van der Waals surface area contributed by atoms with Crippen molar-refractivity contribution in [2.45, 2.75) is 33.2 Å². The minimum Gasteiger partial charge on any atom is -0.324 e. The van der Waals surface area contributed by atoms with E-state index in [1.165, 1.54) is 10.8 Å². The highest BCUT2D eigenvalue weighted by molar-refractivity contribution is 6.32. The molecule has 0 radical (unpaired) electrons. The van der Waals surface area contributed by atoms with Crippen LogP contribution in [0.1, 0.15) is 25.0 Å². The van der Waals surface area contributed by atoms with E-state index < -0.39 is 0 Å². The molecule has 3 rings (SSSR count). The highest BCUT2D eigenvalue weighted by Gasteiger charge is 2.15. The van der Waals surface area contributed by atoms with Crippen LogP contribution in [0, 0.1) is 0 Å². The lowest BCUT2D eigenvalue weighted by atomic mass is 10.0. The Bertz CT molecular complexity index is 1030. The molecule has 0 aliphatic rings. The van der Waals surface area contributed by atoms with E-state index in [4.69, 9.17) is 11.6 Å². The number of amides is 1. The van der Waals surface area contributed by atoms with Gasteiger partial charge in [0.15, 0.2) is 0 Å². The van der Waals surface area contributed by atoms with Crippen molar-refractivity contribution in [2.75, 3.05) is 5.32 Å². The van der Waals surface area contributed by atoms with Crippen LogP contribution in [-0.4, -0.2) is 15.5 Å². The van der Waals surface area contributed by atoms with Crippen molar-refractivity contribution < 1.29 is 4.79 Å². The summed E-state index contributed by atoms with van der Waals surface area (Å²) >= 11 is 6.29. The number of nitrogens with zero attached hydrogens (tertiary/aromatic N) is 2. The van der Waals surface area contributed by atoms with Crippen molar-refractivity contribution in [1.82, 2.24) is 9.55 Å². The standard InChI is InChI=1S/C20H20ClN3O2/c1-3-13-9-10-15(21)14(4-2)20(13)23-18(25)12-24-17-8-6-5-7-16(17)22-11-19(24)26/h5-11H,3-4,12H2,1-2H3,(H,23,25). The Labute approximate surface area is 156 Å². The van der Waals surface area contributed by atoms with Gasteiger partial charge < -0.3 is 5.32 Å². The van der Waals surface area contributed by atoms with E-state index in [-0.39, 0.29) is 18.0 Å². The number of fused-ring (bicyclic) bond motifs is 1. The topological polar surface area (TPSA) is 64.0 Å². The van der Waals surface area contributed by atoms with E-state index in [0.717, 1.165) is 23.2 Å². The Balaban J connectivity index is 1.95. The molecule has 5 nitrogen and oxygen atoms in total. The summed E-state index contributed by atoms with van der Waals surface area (Å²) in [5, 5.41) is 3.59. The molecule has 3 aromatic rings. The summed E-state index contributed by atoms with van der Waals surface area (Å²) in [6.07, 6.45) is 2.72. The average molecular weight is 370 g/mol. The summed E-state index contributed by atoms with van der Waals surface area (Å²) < 4.78 is 1.43. The third-order valence-electron chi connectivity index (χ3n) is 4.40. The molecule has 1 heterocycles. The summed E-state index contributed by atoms with van der Waals surface area (Å²) in [5.41, 5.74) is 3.67. The molecule has 0 atom stereocenters. The fourth-order valence-electron chi connectivity index (χ4n) is 3.07. The molecule has 0 saturated heterocycles. The minimum atomic E-state index is -0.309. The first kappa shape index (κ1) is 18.1. The zero-order valence-electron chi connectivity index (χ0n) is 14.8. The number of nitrogens with one attached hydrogen (secondary N) is 1. The monoisotopic (exact) mass is 369 g/mol. The SMILES string of the molecule is CCc1ccc(Cl)c(CC)c1NC(=O)Cn1c(=O)cnc2ccccc21. The van der Waals surface area contributed by atoms with E-state index in [1.807, 2.05) is 44.2 Å². The molecule has 0 aliphatic carbocycles. The van der Waals surface area contributed by atoms with E-state index in [9.17, 15) is 9.59 Å². The van der Waals surface area contributed by atoms with Gasteiger partial charge in [0.05, 0.1) is 17.2 Å². The lowest BCUT2D eigenvalue weighted by Gasteiger charge is -2.16. The molecular weight excluding hydrogens is 350 g/mol. The number of hydrogen-bond acceptors (Lipinski definition) is 3. The van der Waals surface area contributed by atoms with Crippen molar-refractivity contribution in [3.63, 3.8) is 0 Å². The number of para-hydroxylation sites is 2. The molecular formula is C20H20ClN3O2. The van der Waals surface area contributed by atoms with Gasteiger partial charge in [-0.2, -0.15) is 0 Å². The molecule has 1 aromatic heterocycles. The Morgan fingerprint density at radius 2 is 1.92 bits per heavy atom. The van der Waals surface area contributed by atoms with Gasteiger partial charge in [0.25, 0.3) is 5.56 Å². The highest BCUT2D eigenvalue weighted by atomic mass is 35.5. The fraction of sp³-hybridized carbons (Fsp3) is 0.250. The van der Waals surface area contributed by atoms with Crippen molar-refractivity contribution in [1.29, 1.82) is 0 Å². The normalized spacial score (nSPS) is 10.9. The largest absolute Gasteiger partial charge is 0.324 e. The Hall–Kier alpha value is -2.66. The Kier molecular flexibility index (Phi) is 5.38. The second-order valence-corrected chi connectivity index (χ2v) is 6.39. The summed E-state index contributed by atoms with van der Waals surface area (Å²) in [6, 6.07) is 11.0. The Morgan fingerprint density at radius 3 is 2.65 bits per heavy atom. The van der Waals surface area contributed by atoms with Crippen molar-refractivity contribution in [3.8, 4) is 0 Å². The second kappa shape index (κ2) is 7.70. The smallest absolute Gasteiger partial charge is 0.269 e. The number of carbonyl (C=O) groups excluding carboxylic acids is 1.